The first kappa shape index (κ1) is 16.7. The smallest absolute Gasteiger partial charge is 0.416 e. The molecular weight excluding hydrogens is 337 g/mol. The predicted octanol–water partition coefficient (Wildman–Crippen LogP) is 4.74. The Morgan fingerprint density at radius 3 is 2.60 bits per heavy atom. The largest absolute Gasteiger partial charge is 0.489 e. The molecule has 0 aliphatic rings. The monoisotopic (exact) mass is 348 g/mol. The number of halogens is 3. The van der Waals surface area contributed by atoms with Crippen molar-refractivity contribution in [3.05, 3.63) is 76.0 Å². The van der Waals surface area contributed by atoms with Crippen LogP contribution in [0.25, 0.3) is 10.9 Å². The van der Waals surface area contributed by atoms with Crippen molar-refractivity contribution >= 4 is 16.6 Å². The number of nitro groups is 1. The number of nitrogens with zero attached hydrogens (tertiary/aromatic N) is 2. The van der Waals surface area contributed by atoms with Crippen LogP contribution in [0, 0.1) is 10.1 Å². The Morgan fingerprint density at radius 2 is 1.88 bits per heavy atom. The molecule has 0 amide bonds. The summed E-state index contributed by atoms with van der Waals surface area (Å²) in [6.45, 7) is -0.256. The molecule has 5 nitrogen and oxygen atoms in total. The van der Waals surface area contributed by atoms with Gasteiger partial charge in [-0.1, -0.05) is 18.2 Å². The Morgan fingerprint density at radius 1 is 1.12 bits per heavy atom. The summed E-state index contributed by atoms with van der Waals surface area (Å²) in [6.07, 6.45) is -3.34. The highest BCUT2D eigenvalue weighted by molar-refractivity contribution is 5.81. The summed E-state index contributed by atoms with van der Waals surface area (Å²) in [5.41, 5.74) is -0.413. The Balaban J connectivity index is 1.83. The Labute approximate surface area is 139 Å². The quantitative estimate of drug-likeness (QED) is 0.504. The van der Waals surface area contributed by atoms with E-state index in [1.807, 2.05) is 0 Å². The fourth-order valence-electron chi connectivity index (χ4n) is 2.36. The van der Waals surface area contributed by atoms with Crippen molar-refractivity contribution in [2.45, 2.75) is 12.8 Å². The van der Waals surface area contributed by atoms with E-state index in [-0.39, 0.29) is 17.9 Å². The number of benzene rings is 2. The van der Waals surface area contributed by atoms with Crippen LogP contribution in [0.15, 0.2) is 54.7 Å². The number of ether oxygens (including phenoxy) is 1. The number of hydrogen-bond acceptors (Lipinski definition) is 4. The van der Waals surface area contributed by atoms with Gasteiger partial charge in [0.05, 0.1) is 16.0 Å². The van der Waals surface area contributed by atoms with Crippen molar-refractivity contribution in [2.24, 2.45) is 0 Å². The summed E-state index contributed by atoms with van der Waals surface area (Å²) < 4.78 is 44.3. The molecule has 0 spiro atoms. The first-order valence-electron chi connectivity index (χ1n) is 7.17. The van der Waals surface area contributed by atoms with Gasteiger partial charge in [0.15, 0.2) is 0 Å². The highest BCUT2D eigenvalue weighted by Gasteiger charge is 2.32. The van der Waals surface area contributed by atoms with Crippen LogP contribution < -0.4 is 4.74 Å². The van der Waals surface area contributed by atoms with E-state index >= 15 is 0 Å². The van der Waals surface area contributed by atoms with Gasteiger partial charge in [0.2, 0.25) is 0 Å². The van der Waals surface area contributed by atoms with Crippen molar-refractivity contribution in [1.82, 2.24) is 4.98 Å². The van der Waals surface area contributed by atoms with Gasteiger partial charge in [-0.25, -0.2) is 4.98 Å². The van der Waals surface area contributed by atoms with Gasteiger partial charge in [-0.3, -0.25) is 10.1 Å². The summed E-state index contributed by atoms with van der Waals surface area (Å²) in [5.74, 6) is 0.325. The number of alkyl halides is 3. The average Bonchev–Trinajstić information content (AvgIpc) is 2.58. The standard InChI is InChI=1S/C17H11F3N2O3/c18-17(19,20)15-4-2-1-3-12(15)10-25-14-6-5-11-7-13(22(23)24)9-21-16(11)8-14/h1-9H,10H2. The molecule has 3 rings (SSSR count). The summed E-state index contributed by atoms with van der Waals surface area (Å²) in [4.78, 5) is 14.2. The van der Waals surface area contributed by atoms with Crippen molar-refractivity contribution in [2.75, 3.05) is 0 Å². The second-order valence-electron chi connectivity index (χ2n) is 5.25. The summed E-state index contributed by atoms with van der Waals surface area (Å²) >= 11 is 0. The Bertz CT molecular complexity index is 942. The van der Waals surface area contributed by atoms with Gasteiger partial charge < -0.3 is 4.74 Å². The highest BCUT2D eigenvalue weighted by atomic mass is 19.4. The zero-order valence-corrected chi connectivity index (χ0v) is 12.7. The van der Waals surface area contributed by atoms with E-state index in [1.54, 1.807) is 6.07 Å². The van der Waals surface area contributed by atoms with Crippen molar-refractivity contribution in [3.63, 3.8) is 0 Å². The van der Waals surface area contributed by atoms with Crippen LogP contribution in [-0.4, -0.2) is 9.91 Å². The van der Waals surface area contributed by atoms with Crippen LogP contribution in [0.3, 0.4) is 0 Å². The van der Waals surface area contributed by atoms with Gasteiger partial charge in [-0.15, -0.1) is 0 Å². The topological polar surface area (TPSA) is 65.3 Å². The molecule has 128 valence electrons. The molecule has 8 heteroatoms. The molecule has 0 bridgehead atoms. The number of hydrogen-bond donors (Lipinski definition) is 0. The maximum atomic E-state index is 13.0. The lowest BCUT2D eigenvalue weighted by atomic mass is 10.1. The molecule has 1 heterocycles. The fourth-order valence-corrected chi connectivity index (χ4v) is 2.36. The minimum Gasteiger partial charge on any atom is -0.489 e. The van der Waals surface area contributed by atoms with Crippen LogP contribution in [-0.2, 0) is 12.8 Å². The molecule has 25 heavy (non-hydrogen) atoms. The van der Waals surface area contributed by atoms with E-state index in [2.05, 4.69) is 4.98 Å². The lowest BCUT2D eigenvalue weighted by Gasteiger charge is -2.13. The maximum Gasteiger partial charge on any atom is 0.416 e. The van der Waals surface area contributed by atoms with Crippen LogP contribution in [0.1, 0.15) is 11.1 Å². The van der Waals surface area contributed by atoms with E-state index in [9.17, 15) is 23.3 Å². The lowest BCUT2D eigenvalue weighted by Crippen LogP contribution is -2.10. The molecule has 0 aliphatic heterocycles. The summed E-state index contributed by atoms with van der Waals surface area (Å²) in [7, 11) is 0. The molecule has 0 radical (unpaired) electrons. The van der Waals surface area contributed by atoms with Crippen LogP contribution in [0.2, 0.25) is 0 Å². The van der Waals surface area contributed by atoms with Crippen molar-refractivity contribution in [3.8, 4) is 5.75 Å². The van der Waals surface area contributed by atoms with Gasteiger partial charge in [0.25, 0.3) is 5.69 Å². The molecule has 0 saturated heterocycles. The number of aromatic nitrogens is 1. The number of fused-ring (bicyclic) bond motifs is 1. The van der Waals surface area contributed by atoms with Crippen LogP contribution >= 0.6 is 0 Å². The third-order valence-corrected chi connectivity index (χ3v) is 3.57. The second kappa shape index (κ2) is 6.39. The normalized spacial score (nSPS) is 11.5. The third kappa shape index (κ3) is 3.68. The molecule has 0 N–H and O–H groups in total. The van der Waals surface area contributed by atoms with Gasteiger partial charge >= 0.3 is 6.18 Å². The van der Waals surface area contributed by atoms with Crippen molar-refractivity contribution < 1.29 is 22.8 Å². The van der Waals surface area contributed by atoms with Gasteiger partial charge in [0.1, 0.15) is 18.6 Å². The SMILES string of the molecule is O=[N+]([O-])c1cnc2cc(OCc3ccccc3C(F)(F)F)ccc2c1. The molecule has 0 unspecified atom stereocenters. The van der Waals surface area contributed by atoms with Gasteiger partial charge in [-0.2, -0.15) is 13.2 Å². The summed E-state index contributed by atoms with van der Waals surface area (Å²) in [6, 6.07) is 11.2. The zero-order chi connectivity index (χ0) is 18.0. The first-order valence-corrected chi connectivity index (χ1v) is 7.17. The van der Waals surface area contributed by atoms with Crippen molar-refractivity contribution in [1.29, 1.82) is 0 Å². The molecule has 1 aromatic heterocycles. The predicted molar refractivity (Wildman–Crippen MR) is 84.2 cm³/mol. The maximum absolute atomic E-state index is 13.0. The zero-order valence-electron chi connectivity index (χ0n) is 12.7. The lowest BCUT2D eigenvalue weighted by molar-refractivity contribution is -0.385. The molecule has 0 saturated carbocycles. The molecule has 3 aromatic rings. The molecule has 0 fully saturated rings. The Kier molecular flexibility index (Phi) is 4.26. The average molecular weight is 348 g/mol. The molecule has 0 aliphatic carbocycles. The highest BCUT2D eigenvalue weighted by Crippen LogP contribution is 2.32. The first-order chi connectivity index (χ1) is 11.8. The van der Waals surface area contributed by atoms with Crippen LogP contribution in [0.4, 0.5) is 18.9 Å². The van der Waals surface area contributed by atoms with Crippen LogP contribution in [0.5, 0.6) is 5.75 Å². The minimum absolute atomic E-state index is 0.0201. The van der Waals surface area contributed by atoms with E-state index in [1.165, 1.54) is 36.4 Å². The molecule has 2 aromatic carbocycles. The molecular formula is C17H11F3N2O3. The molecule has 0 atom stereocenters. The second-order valence-corrected chi connectivity index (χ2v) is 5.25. The minimum atomic E-state index is -4.45. The third-order valence-electron chi connectivity index (χ3n) is 3.57. The van der Waals surface area contributed by atoms with Gasteiger partial charge in [-0.05, 0) is 18.2 Å². The fraction of sp³-hybridized carbons (Fsp3) is 0.118. The number of pyridine rings is 1. The van der Waals surface area contributed by atoms with Gasteiger partial charge in [0, 0.05) is 23.1 Å². The summed E-state index contributed by atoms with van der Waals surface area (Å²) in [5, 5.41) is 11.3. The van der Waals surface area contributed by atoms with E-state index in [0.717, 1.165) is 12.3 Å². The van der Waals surface area contributed by atoms with E-state index in [0.29, 0.717) is 16.7 Å². The van der Waals surface area contributed by atoms with E-state index < -0.39 is 16.7 Å². The Hall–Kier alpha value is -3.16. The van der Waals surface area contributed by atoms with E-state index in [4.69, 9.17) is 4.74 Å². The number of rotatable bonds is 4.